The third kappa shape index (κ3) is 12.2. The van der Waals surface area contributed by atoms with Crippen LogP contribution >= 0.6 is 0 Å². The Morgan fingerprint density at radius 2 is 0.821 bits per heavy atom. The number of hydrogen-bond acceptors (Lipinski definition) is 14. The Morgan fingerprint density at radius 3 is 1.29 bits per heavy atom. The Bertz CT molecular complexity index is 3660. The molecule has 16 nitrogen and oxygen atoms in total. The highest BCUT2D eigenvalue weighted by molar-refractivity contribution is 5.83. The fourth-order valence-electron chi connectivity index (χ4n) is 8.68. The predicted molar refractivity (Wildman–Crippen MR) is 294 cm³/mol. The van der Waals surface area contributed by atoms with Crippen LogP contribution in [0.5, 0.6) is 23.0 Å². The standard InChI is InChI=1S/C62H52N6O10/c69-57-51-24-7-9-26-55(51)77-59(61(57)75-41-43-14-3-1-4-15-43)47-20-12-22-49(37-47)73-34-32-71-30-28-67-39-53(63-65-67)45-18-11-19-46(36-45)54-40-68(66-64-54)29-31-72-33-35-74-50-23-13-21-48(38-50)60-62(76-42-44-16-5-2-6-17-44)58(70)52-25-8-10-27-56(52)78-60/h1-27,36-40H,28-35,41-42H2. The molecule has 0 saturated heterocycles. The lowest BCUT2D eigenvalue weighted by Crippen LogP contribution is -2.12. The molecular formula is C62H52N6O10. The van der Waals surface area contributed by atoms with E-state index in [4.69, 9.17) is 37.3 Å². The minimum Gasteiger partial charge on any atom is -0.491 e. The molecule has 4 heterocycles. The fraction of sp³-hybridized carbons (Fsp3) is 0.161. The molecule has 0 spiro atoms. The van der Waals surface area contributed by atoms with Crippen LogP contribution in [-0.2, 0) is 35.8 Å². The van der Waals surface area contributed by atoms with Crippen LogP contribution in [0.4, 0.5) is 0 Å². The van der Waals surface area contributed by atoms with Gasteiger partial charge in [-0.05, 0) is 65.7 Å². The van der Waals surface area contributed by atoms with Crippen molar-refractivity contribution in [3.63, 3.8) is 0 Å². The smallest absolute Gasteiger partial charge is 0.235 e. The first-order valence-corrected chi connectivity index (χ1v) is 25.5. The molecule has 0 radical (unpaired) electrons. The average Bonchev–Trinajstić information content (AvgIpc) is 4.26. The lowest BCUT2D eigenvalue weighted by Gasteiger charge is -2.13. The summed E-state index contributed by atoms with van der Waals surface area (Å²) < 4.78 is 52.2. The van der Waals surface area contributed by atoms with E-state index in [0.29, 0.717) is 120 Å². The topological polar surface area (TPSA) is 177 Å². The molecule has 4 aromatic heterocycles. The second-order valence-electron chi connectivity index (χ2n) is 18.0. The van der Waals surface area contributed by atoms with Gasteiger partial charge >= 0.3 is 0 Å². The summed E-state index contributed by atoms with van der Waals surface area (Å²) in [5.41, 5.74) is 6.82. The molecule has 0 aliphatic rings. The van der Waals surface area contributed by atoms with Crippen LogP contribution in [0.3, 0.4) is 0 Å². The Hall–Kier alpha value is -9.64. The lowest BCUT2D eigenvalue weighted by atomic mass is 10.1. The molecule has 0 fully saturated rings. The van der Waals surface area contributed by atoms with Gasteiger partial charge in [0.1, 0.15) is 60.5 Å². The van der Waals surface area contributed by atoms with Crippen molar-refractivity contribution in [1.82, 2.24) is 30.0 Å². The number of benzene rings is 7. The van der Waals surface area contributed by atoms with Crippen molar-refractivity contribution < 1.29 is 37.3 Å². The minimum atomic E-state index is -0.240. The number of ether oxygens (including phenoxy) is 6. The second-order valence-corrected chi connectivity index (χ2v) is 18.0. The number of para-hydroxylation sites is 2. The first-order valence-electron chi connectivity index (χ1n) is 25.5. The quantitative estimate of drug-likeness (QED) is 0.0522. The van der Waals surface area contributed by atoms with Crippen LogP contribution in [0.15, 0.2) is 213 Å². The SMILES string of the molecule is O=c1c(OCc2ccccc2)c(-c2cccc(OCCOCCn3cc(-c4cccc(-c5cn(CCOCCOc6cccc(-c7oc8ccccc8c(=O)c7OCc7ccccc7)c6)nn5)c4)nn3)c2)oc2ccccc12. The van der Waals surface area contributed by atoms with E-state index in [-0.39, 0.29) is 35.6 Å². The molecule has 11 rings (SSSR count). The van der Waals surface area contributed by atoms with Crippen molar-refractivity contribution in [2.45, 2.75) is 26.3 Å². The maximum atomic E-state index is 13.6. The summed E-state index contributed by atoms with van der Waals surface area (Å²) in [4.78, 5) is 27.3. The zero-order valence-corrected chi connectivity index (χ0v) is 42.3. The Morgan fingerprint density at radius 1 is 0.397 bits per heavy atom. The third-order valence-corrected chi connectivity index (χ3v) is 12.6. The van der Waals surface area contributed by atoms with E-state index < -0.39 is 0 Å². The number of nitrogens with zero attached hydrogens (tertiary/aromatic N) is 6. The van der Waals surface area contributed by atoms with Gasteiger partial charge in [-0.1, -0.05) is 138 Å². The van der Waals surface area contributed by atoms with Crippen LogP contribution in [-0.4, -0.2) is 69.6 Å². The molecule has 0 amide bonds. The average molecular weight is 1040 g/mol. The fourth-order valence-corrected chi connectivity index (χ4v) is 8.68. The van der Waals surface area contributed by atoms with E-state index >= 15 is 0 Å². The number of aromatic nitrogens is 6. The van der Waals surface area contributed by atoms with Gasteiger partial charge in [-0.2, -0.15) is 0 Å². The monoisotopic (exact) mass is 1040 g/mol. The molecule has 7 aromatic carbocycles. The summed E-state index contributed by atoms with van der Waals surface area (Å²) in [6.07, 6.45) is 3.76. The summed E-state index contributed by atoms with van der Waals surface area (Å²) >= 11 is 0. The first kappa shape index (κ1) is 50.5. The largest absolute Gasteiger partial charge is 0.491 e. The first-order chi connectivity index (χ1) is 38.5. The maximum Gasteiger partial charge on any atom is 0.235 e. The van der Waals surface area contributed by atoms with E-state index in [9.17, 15) is 9.59 Å². The number of fused-ring (bicyclic) bond motifs is 2. The maximum absolute atomic E-state index is 13.6. The third-order valence-electron chi connectivity index (χ3n) is 12.6. The predicted octanol–water partition coefficient (Wildman–Crippen LogP) is 11.1. The van der Waals surface area contributed by atoms with Crippen molar-refractivity contribution in [3.8, 4) is 68.2 Å². The van der Waals surface area contributed by atoms with Gasteiger partial charge in [0.15, 0.2) is 11.5 Å². The minimum absolute atomic E-state index is 0.143. The van der Waals surface area contributed by atoms with Crippen LogP contribution < -0.4 is 29.8 Å². The molecule has 0 saturated carbocycles. The van der Waals surface area contributed by atoms with Gasteiger partial charge in [0.25, 0.3) is 0 Å². The lowest BCUT2D eigenvalue weighted by molar-refractivity contribution is 0.0923. The summed E-state index contributed by atoms with van der Waals surface area (Å²) in [6.45, 7) is 3.47. The van der Waals surface area contributed by atoms with Gasteiger partial charge in [-0.15, -0.1) is 10.2 Å². The zero-order valence-electron chi connectivity index (χ0n) is 42.3. The van der Waals surface area contributed by atoms with Crippen molar-refractivity contribution in [1.29, 1.82) is 0 Å². The number of hydrogen-bond donors (Lipinski definition) is 0. The molecule has 0 atom stereocenters. The van der Waals surface area contributed by atoms with Gasteiger partial charge in [-0.3, -0.25) is 9.59 Å². The highest BCUT2D eigenvalue weighted by atomic mass is 16.5. The van der Waals surface area contributed by atoms with Crippen molar-refractivity contribution in [3.05, 3.63) is 226 Å². The molecule has 390 valence electrons. The molecule has 0 bridgehead atoms. The van der Waals surface area contributed by atoms with E-state index in [1.165, 1.54) is 0 Å². The van der Waals surface area contributed by atoms with E-state index in [2.05, 4.69) is 20.6 Å². The molecular weight excluding hydrogens is 989 g/mol. The Kier molecular flexibility index (Phi) is 15.8. The van der Waals surface area contributed by atoms with Crippen LogP contribution in [0.25, 0.3) is 67.1 Å². The zero-order chi connectivity index (χ0) is 52.9. The summed E-state index contributed by atoms with van der Waals surface area (Å²) in [6, 6.07) is 56.3. The molecule has 0 unspecified atom stereocenters. The highest BCUT2D eigenvalue weighted by Crippen LogP contribution is 2.35. The van der Waals surface area contributed by atoms with Crippen LogP contribution in [0, 0.1) is 0 Å². The van der Waals surface area contributed by atoms with E-state index in [1.54, 1.807) is 45.8 Å². The van der Waals surface area contributed by atoms with Gasteiger partial charge in [0.05, 0.1) is 62.7 Å². The molecule has 0 N–H and O–H groups in total. The van der Waals surface area contributed by atoms with Crippen LogP contribution in [0.2, 0.25) is 0 Å². The number of rotatable bonds is 24. The second kappa shape index (κ2) is 24.4. The molecule has 11 aromatic rings. The summed E-state index contributed by atoms with van der Waals surface area (Å²) in [5.74, 6) is 2.14. The van der Waals surface area contributed by atoms with E-state index in [0.717, 1.165) is 22.3 Å². The van der Waals surface area contributed by atoms with Crippen molar-refractivity contribution in [2.24, 2.45) is 0 Å². The van der Waals surface area contributed by atoms with Crippen molar-refractivity contribution >= 4 is 21.9 Å². The normalized spacial score (nSPS) is 11.3. The molecule has 0 aliphatic carbocycles. The molecule has 0 aliphatic heterocycles. The van der Waals surface area contributed by atoms with Gasteiger partial charge in [-0.25, -0.2) is 9.36 Å². The molecule has 78 heavy (non-hydrogen) atoms. The van der Waals surface area contributed by atoms with Gasteiger partial charge in [0.2, 0.25) is 22.4 Å². The summed E-state index contributed by atoms with van der Waals surface area (Å²) in [5, 5.41) is 18.4. The molecule has 16 heteroatoms. The summed E-state index contributed by atoms with van der Waals surface area (Å²) in [7, 11) is 0. The van der Waals surface area contributed by atoms with Gasteiger partial charge in [0, 0.05) is 22.3 Å². The van der Waals surface area contributed by atoms with Crippen molar-refractivity contribution in [2.75, 3.05) is 39.6 Å². The van der Waals surface area contributed by atoms with Crippen LogP contribution in [0.1, 0.15) is 11.1 Å². The highest BCUT2D eigenvalue weighted by Gasteiger charge is 2.21. The van der Waals surface area contributed by atoms with Gasteiger partial charge < -0.3 is 37.3 Å². The Labute approximate surface area is 447 Å². The Balaban J connectivity index is 0.624. The van der Waals surface area contributed by atoms with E-state index in [1.807, 2.05) is 158 Å².